The van der Waals surface area contributed by atoms with Gasteiger partial charge >= 0.3 is 6.18 Å². The molecule has 1 aromatic carbocycles. The highest BCUT2D eigenvalue weighted by molar-refractivity contribution is 5.58. The average Bonchev–Trinajstić information content (AvgIpc) is 2.81. The zero-order valence-corrected chi connectivity index (χ0v) is 11.2. The minimum absolute atomic E-state index is 0.401. The van der Waals surface area contributed by atoms with Crippen LogP contribution in [0.25, 0.3) is 11.4 Å². The number of alkyl halides is 3. The molecule has 0 saturated heterocycles. The number of nitrogens with zero attached hydrogens (tertiary/aromatic N) is 3. The van der Waals surface area contributed by atoms with Crippen LogP contribution in [0.1, 0.15) is 19.4 Å². The second kappa shape index (κ2) is 5.52. The Bertz CT molecular complexity index is 590. The van der Waals surface area contributed by atoms with E-state index in [1.807, 2.05) is 13.8 Å². The first-order chi connectivity index (χ1) is 9.47. The molecule has 0 saturated carbocycles. The van der Waals surface area contributed by atoms with Gasteiger partial charge in [-0.25, -0.2) is 0 Å². The first kappa shape index (κ1) is 14.4. The third kappa shape index (κ3) is 2.76. The summed E-state index contributed by atoms with van der Waals surface area (Å²) in [6.07, 6.45) is -4.36. The maximum absolute atomic E-state index is 12.7. The maximum Gasteiger partial charge on any atom is 0.416 e. The lowest BCUT2D eigenvalue weighted by molar-refractivity contribution is -0.137. The van der Waals surface area contributed by atoms with Crippen molar-refractivity contribution in [3.63, 3.8) is 0 Å². The first-order valence-electron chi connectivity index (χ1n) is 6.32. The van der Waals surface area contributed by atoms with Gasteiger partial charge in [-0.1, -0.05) is 12.1 Å². The van der Waals surface area contributed by atoms with Crippen molar-refractivity contribution < 1.29 is 13.2 Å². The molecular weight excluding hydrogens is 269 g/mol. The van der Waals surface area contributed by atoms with Crippen molar-refractivity contribution >= 4 is 5.95 Å². The van der Waals surface area contributed by atoms with E-state index in [0.717, 1.165) is 12.1 Å². The summed E-state index contributed by atoms with van der Waals surface area (Å²) in [5.41, 5.74) is -0.288. The van der Waals surface area contributed by atoms with E-state index in [9.17, 15) is 13.2 Å². The summed E-state index contributed by atoms with van der Waals surface area (Å²) in [5, 5.41) is 11.0. The van der Waals surface area contributed by atoms with Crippen LogP contribution in [-0.2, 0) is 12.7 Å². The molecule has 0 atom stereocenters. The molecule has 0 aliphatic heterocycles. The predicted octanol–water partition coefficient (Wildman–Crippen LogP) is 3.42. The first-order valence-corrected chi connectivity index (χ1v) is 6.32. The molecule has 1 N–H and O–H groups in total. The van der Waals surface area contributed by atoms with Gasteiger partial charge in [0.25, 0.3) is 0 Å². The number of benzene rings is 1. The number of halogens is 3. The van der Waals surface area contributed by atoms with E-state index in [2.05, 4.69) is 15.5 Å². The quantitative estimate of drug-likeness (QED) is 0.935. The molecule has 0 radical (unpaired) electrons. The van der Waals surface area contributed by atoms with Gasteiger partial charge in [0.1, 0.15) is 0 Å². The summed E-state index contributed by atoms with van der Waals surface area (Å²) in [7, 11) is 0. The fourth-order valence-corrected chi connectivity index (χ4v) is 1.94. The van der Waals surface area contributed by atoms with Gasteiger partial charge in [-0.15, -0.1) is 10.2 Å². The van der Waals surface area contributed by atoms with Crippen LogP contribution in [0, 0.1) is 0 Å². The van der Waals surface area contributed by atoms with Crippen molar-refractivity contribution in [2.75, 3.05) is 11.9 Å². The van der Waals surface area contributed by atoms with E-state index >= 15 is 0 Å². The molecule has 2 rings (SSSR count). The van der Waals surface area contributed by atoms with Gasteiger partial charge in [0.15, 0.2) is 5.82 Å². The van der Waals surface area contributed by atoms with Gasteiger partial charge in [-0.3, -0.25) is 4.57 Å². The normalized spacial score (nSPS) is 11.7. The third-order valence-corrected chi connectivity index (χ3v) is 2.85. The van der Waals surface area contributed by atoms with Crippen molar-refractivity contribution in [2.24, 2.45) is 0 Å². The van der Waals surface area contributed by atoms with Crippen LogP contribution >= 0.6 is 0 Å². The van der Waals surface area contributed by atoms with Crippen molar-refractivity contribution in [2.45, 2.75) is 26.6 Å². The van der Waals surface area contributed by atoms with Crippen LogP contribution in [0.5, 0.6) is 0 Å². The third-order valence-electron chi connectivity index (χ3n) is 2.85. The zero-order chi connectivity index (χ0) is 14.8. The summed E-state index contributed by atoms with van der Waals surface area (Å²) < 4.78 is 40.0. The van der Waals surface area contributed by atoms with Gasteiger partial charge in [-0.2, -0.15) is 13.2 Å². The number of hydrogen-bond acceptors (Lipinski definition) is 3. The highest BCUT2D eigenvalue weighted by Crippen LogP contribution is 2.32. The Morgan fingerprint density at radius 2 is 1.95 bits per heavy atom. The Labute approximate surface area is 114 Å². The Morgan fingerprint density at radius 3 is 2.55 bits per heavy atom. The van der Waals surface area contributed by atoms with E-state index in [-0.39, 0.29) is 0 Å². The number of hydrogen-bond donors (Lipinski definition) is 1. The van der Waals surface area contributed by atoms with E-state index in [1.54, 1.807) is 10.6 Å². The predicted molar refractivity (Wildman–Crippen MR) is 70.3 cm³/mol. The Hall–Kier alpha value is -2.05. The molecule has 1 aromatic heterocycles. The van der Waals surface area contributed by atoms with Crippen molar-refractivity contribution in [1.29, 1.82) is 0 Å². The second-order valence-electron chi connectivity index (χ2n) is 4.20. The molecule has 0 unspecified atom stereocenters. The molecule has 108 valence electrons. The molecule has 0 amide bonds. The smallest absolute Gasteiger partial charge is 0.355 e. The molecule has 0 aliphatic rings. The lowest BCUT2D eigenvalue weighted by Crippen LogP contribution is -2.08. The zero-order valence-electron chi connectivity index (χ0n) is 11.2. The fraction of sp³-hybridized carbons (Fsp3) is 0.385. The highest BCUT2D eigenvalue weighted by Gasteiger charge is 2.30. The highest BCUT2D eigenvalue weighted by atomic mass is 19.4. The van der Waals surface area contributed by atoms with Gasteiger partial charge in [-0.05, 0) is 26.0 Å². The molecule has 0 bridgehead atoms. The van der Waals surface area contributed by atoms with Crippen LogP contribution in [0.2, 0.25) is 0 Å². The molecule has 7 heteroatoms. The van der Waals surface area contributed by atoms with E-state index in [4.69, 9.17) is 0 Å². The minimum atomic E-state index is -4.36. The van der Waals surface area contributed by atoms with Crippen LogP contribution < -0.4 is 5.32 Å². The number of aromatic nitrogens is 3. The second-order valence-corrected chi connectivity index (χ2v) is 4.20. The monoisotopic (exact) mass is 284 g/mol. The summed E-state index contributed by atoms with van der Waals surface area (Å²) in [6.45, 7) is 5.04. The lowest BCUT2D eigenvalue weighted by Gasteiger charge is -2.10. The van der Waals surface area contributed by atoms with Crippen molar-refractivity contribution in [3.05, 3.63) is 29.8 Å². The molecule has 0 aliphatic carbocycles. The lowest BCUT2D eigenvalue weighted by atomic mass is 10.1. The molecule has 1 heterocycles. The molecule has 0 fully saturated rings. The molecule has 0 spiro atoms. The summed E-state index contributed by atoms with van der Waals surface area (Å²) in [5.74, 6) is 0.983. The average molecular weight is 284 g/mol. The maximum atomic E-state index is 12.7. The van der Waals surface area contributed by atoms with Crippen LogP contribution in [0.4, 0.5) is 19.1 Å². The fourth-order valence-electron chi connectivity index (χ4n) is 1.94. The molecule has 4 nitrogen and oxygen atoms in total. The Morgan fingerprint density at radius 1 is 1.20 bits per heavy atom. The molecule has 2 aromatic rings. The standard InChI is InChI=1S/C13H15F3N4/c1-3-17-12-19-18-11(20(12)4-2)9-6-5-7-10(8-9)13(14,15)16/h5-8H,3-4H2,1-2H3,(H,17,19). The number of anilines is 1. The van der Waals surface area contributed by atoms with Gasteiger partial charge < -0.3 is 5.32 Å². The Balaban J connectivity index is 2.46. The van der Waals surface area contributed by atoms with Crippen LogP contribution in [0.15, 0.2) is 24.3 Å². The van der Waals surface area contributed by atoms with E-state index < -0.39 is 11.7 Å². The van der Waals surface area contributed by atoms with Gasteiger partial charge in [0.05, 0.1) is 5.56 Å². The number of rotatable bonds is 4. The van der Waals surface area contributed by atoms with E-state index in [1.165, 1.54) is 6.07 Å². The van der Waals surface area contributed by atoms with Crippen LogP contribution in [0.3, 0.4) is 0 Å². The van der Waals surface area contributed by atoms with E-state index in [0.29, 0.717) is 30.4 Å². The van der Waals surface area contributed by atoms with Crippen molar-refractivity contribution in [3.8, 4) is 11.4 Å². The minimum Gasteiger partial charge on any atom is -0.355 e. The summed E-state index contributed by atoms with van der Waals surface area (Å²) >= 11 is 0. The summed E-state index contributed by atoms with van der Waals surface area (Å²) in [4.78, 5) is 0. The Kier molecular flexibility index (Phi) is 3.96. The summed E-state index contributed by atoms with van der Waals surface area (Å²) in [6, 6.07) is 5.11. The van der Waals surface area contributed by atoms with Crippen LogP contribution in [-0.4, -0.2) is 21.3 Å². The molecular formula is C13H15F3N4. The largest absolute Gasteiger partial charge is 0.416 e. The van der Waals surface area contributed by atoms with Crippen molar-refractivity contribution in [1.82, 2.24) is 14.8 Å². The van der Waals surface area contributed by atoms with Gasteiger partial charge in [0.2, 0.25) is 5.95 Å². The molecule has 20 heavy (non-hydrogen) atoms. The SMILES string of the molecule is CCNc1nnc(-c2cccc(C(F)(F)F)c2)n1CC. The topological polar surface area (TPSA) is 42.7 Å². The van der Waals surface area contributed by atoms with Gasteiger partial charge in [0, 0.05) is 18.7 Å². The number of nitrogens with one attached hydrogen (secondary N) is 1.